The number of aryl methyl sites for hydroxylation is 1. The zero-order valence-corrected chi connectivity index (χ0v) is 12.8. The van der Waals surface area contributed by atoms with Crippen LogP contribution in [0.2, 0.25) is 0 Å². The third-order valence-electron chi connectivity index (χ3n) is 4.11. The SMILES string of the molecule is CCC(NC(C)c1nncn1C)c1ccc2c(c1)CCO2. The van der Waals surface area contributed by atoms with Crippen molar-refractivity contribution in [2.45, 2.75) is 38.8 Å². The van der Waals surface area contributed by atoms with Crippen LogP contribution >= 0.6 is 0 Å². The summed E-state index contributed by atoms with van der Waals surface area (Å²) in [7, 11) is 1.97. The third kappa shape index (κ3) is 2.78. The molecule has 3 rings (SSSR count). The lowest BCUT2D eigenvalue weighted by molar-refractivity contribution is 0.356. The highest BCUT2D eigenvalue weighted by Gasteiger charge is 2.19. The smallest absolute Gasteiger partial charge is 0.149 e. The fraction of sp³-hybridized carbons (Fsp3) is 0.500. The van der Waals surface area contributed by atoms with Crippen LogP contribution in [-0.2, 0) is 13.5 Å². The molecule has 5 heteroatoms. The monoisotopic (exact) mass is 286 g/mol. The minimum absolute atomic E-state index is 0.159. The van der Waals surface area contributed by atoms with Gasteiger partial charge in [-0.05, 0) is 30.5 Å². The van der Waals surface area contributed by atoms with Crippen LogP contribution in [0.1, 0.15) is 49.3 Å². The fourth-order valence-corrected chi connectivity index (χ4v) is 2.93. The van der Waals surface area contributed by atoms with E-state index in [4.69, 9.17) is 4.74 Å². The van der Waals surface area contributed by atoms with E-state index in [1.54, 1.807) is 6.33 Å². The summed E-state index contributed by atoms with van der Waals surface area (Å²) in [6.07, 6.45) is 3.78. The molecule has 0 fully saturated rings. The molecule has 2 unspecified atom stereocenters. The van der Waals surface area contributed by atoms with Crippen LogP contribution < -0.4 is 10.1 Å². The topological polar surface area (TPSA) is 52.0 Å². The Hall–Kier alpha value is -1.88. The van der Waals surface area contributed by atoms with Gasteiger partial charge < -0.3 is 14.6 Å². The van der Waals surface area contributed by atoms with Gasteiger partial charge in [0.15, 0.2) is 0 Å². The van der Waals surface area contributed by atoms with E-state index in [1.165, 1.54) is 11.1 Å². The summed E-state index contributed by atoms with van der Waals surface area (Å²) in [6, 6.07) is 6.99. The predicted molar refractivity (Wildman–Crippen MR) is 81.2 cm³/mol. The van der Waals surface area contributed by atoms with Crippen molar-refractivity contribution in [1.82, 2.24) is 20.1 Å². The van der Waals surface area contributed by atoms with Crippen LogP contribution in [0.4, 0.5) is 0 Å². The van der Waals surface area contributed by atoms with Gasteiger partial charge in [0.1, 0.15) is 17.9 Å². The Labute approximate surface area is 125 Å². The summed E-state index contributed by atoms with van der Waals surface area (Å²) >= 11 is 0. The number of hydrogen-bond donors (Lipinski definition) is 1. The van der Waals surface area contributed by atoms with E-state index in [2.05, 4.69) is 47.6 Å². The summed E-state index contributed by atoms with van der Waals surface area (Å²) in [4.78, 5) is 0. The zero-order chi connectivity index (χ0) is 14.8. The average molecular weight is 286 g/mol. The van der Waals surface area contributed by atoms with Crippen LogP contribution in [0.3, 0.4) is 0 Å². The lowest BCUT2D eigenvalue weighted by Gasteiger charge is -2.22. The van der Waals surface area contributed by atoms with E-state index in [-0.39, 0.29) is 6.04 Å². The van der Waals surface area contributed by atoms with Gasteiger partial charge in [0.25, 0.3) is 0 Å². The highest BCUT2D eigenvalue weighted by atomic mass is 16.5. The molecule has 1 aliphatic rings. The van der Waals surface area contributed by atoms with Crippen molar-refractivity contribution >= 4 is 0 Å². The van der Waals surface area contributed by atoms with Gasteiger partial charge in [0, 0.05) is 19.5 Å². The maximum atomic E-state index is 5.58. The molecule has 21 heavy (non-hydrogen) atoms. The number of benzene rings is 1. The van der Waals surface area contributed by atoms with Crippen molar-refractivity contribution in [3.05, 3.63) is 41.5 Å². The minimum atomic E-state index is 0.159. The van der Waals surface area contributed by atoms with Crippen molar-refractivity contribution in [2.24, 2.45) is 7.05 Å². The summed E-state index contributed by atoms with van der Waals surface area (Å²) < 4.78 is 7.54. The molecule has 0 amide bonds. The summed E-state index contributed by atoms with van der Waals surface area (Å²) in [5, 5.41) is 11.8. The average Bonchev–Trinajstić information content (AvgIpc) is 3.12. The van der Waals surface area contributed by atoms with Gasteiger partial charge >= 0.3 is 0 Å². The van der Waals surface area contributed by atoms with E-state index < -0.39 is 0 Å². The Morgan fingerprint density at radius 3 is 3.00 bits per heavy atom. The highest BCUT2D eigenvalue weighted by molar-refractivity contribution is 5.40. The summed E-state index contributed by atoms with van der Waals surface area (Å²) in [6.45, 7) is 5.13. The van der Waals surface area contributed by atoms with E-state index >= 15 is 0 Å². The van der Waals surface area contributed by atoms with Crippen LogP contribution in [0.5, 0.6) is 5.75 Å². The second kappa shape index (κ2) is 5.85. The molecule has 0 spiro atoms. The molecule has 2 aromatic rings. The first-order valence-corrected chi connectivity index (χ1v) is 7.54. The van der Waals surface area contributed by atoms with E-state index in [9.17, 15) is 0 Å². The molecule has 112 valence electrons. The molecule has 0 aliphatic carbocycles. The van der Waals surface area contributed by atoms with Crippen molar-refractivity contribution in [2.75, 3.05) is 6.61 Å². The molecule has 0 saturated carbocycles. The zero-order valence-electron chi connectivity index (χ0n) is 12.8. The van der Waals surface area contributed by atoms with Crippen molar-refractivity contribution in [1.29, 1.82) is 0 Å². The molecular formula is C16H22N4O. The Morgan fingerprint density at radius 2 is 2.29 bits per heavy atom. The van der Waals surface area contributed by atoms with Gasteiger partial charge in [-0.25, -0.2) is 0 Å². The van der Waals surface area contributed by atoms with Gasteiger partial charge in [0.2, 0.25) is 0 Å². The lowest BCUT2D eigenvalue weighted by atomic mass is 10.00. The predicted octanol–water partition coefficient (Wildman–Crippen LogP) is 2.55. The van der Waals surface area contributed by atoms with Crippen LogP contribution in [0, 0.1) is 0 Å². The molecule has 1 N–H and O–H groups in total. The quantitative estimate of drug-likeness (QED) is 0.917. The van der Waals surface area contributed by atoms with Gasteiger partial charge in [-0.2, -0.15) is 0 Å². The van der Waals surface area contributed by atoms with E-state index in [0.717, 1.165) is 31.0 Å². The largest absolute Gasteiger partial charge is 0.493 e. The van der Waals surface area contributed by atoms with Gasteiger partial charge in [0.05, 0.1) is 12.6 Å². The number of nitrogens with one attached hydrogen (secondary N) is 1. The normalized spacial score (nSPS) is 16.3. The molecule has 1 aliphatic heterocycles. The number of nitrogens with zero attached hydrogens (tertiary/aromatic N) is 3. The number of rotatable bonds is 5. The Morgan fingerprint density at radius 1 is 1.43 bits per heavy atom. The molecule has 0 saturated heterocycles. The van der Waals surface area contributed by atoms with Crippen molar-refractivity contribution < 1.29 is 4.74 Å². The van der Waals surface area contributed by atoms with E-state index in [0.29, 0.717) is 6.04 Å². The molecule has 1 aromatic heterocycles. The first-order chi connectivity index (χ1) is 10.2. The molecule has 2 heterocycles. The Bertz CT molecular complexity index is 622. The lowest BCUT2D eigenvalue weighted by Crippen LogP contribution is -2.26. The molecule has 1 aromatic carbocycles. The Balaban J connectivity index is 1.77. The first kappa shape index (κ1) is 14.1. The fourth-order valence-electron chi connectivity index (χ4n) is 2.93. The number of hydrogen-bond acceptors (Lipinski definition) is 4. The third-order valence-corrected chi connectivity index (χ3v) is 4.11. The van der Waals surface area contributed by atoms with E-state index in [1.807, 2.05) is 11.6 Å². The van der Waals surface area contributed by atoms with Crippen molar-refractivity contribution in [3.8, 4) is 5.75 Å². The second-order valence-corrected chi connectivity index (χ2v) is 5.61. The van der Waals surface area contributed by atoms with Crippen molar-refractivity contribution in [3.63, 3.8) is 0 Å². The summed E-state index contributed by atoms with van der Waals surface area (Å²) in [5.74, 6) is 1.99. The van der Waals surface area contributed by atoms with Gasteiger partial charge in [-0.1, -0.05) is 19.1 Å². The summed E-state index contributed by atoms with van der Waals surface area (Å²) in [5.41, 5.74) is 2.63. The maximum Gasteiger partial charge on any atom is 0.149 e. The number of fused-ring (bicyclic) bond motifs is 1. The number of aromatic nitrogens is 3. The minimum Gasteiger partial charge on any atom is -0.493 e. The molecule has 0 bridgehead atoms. The molecular weight excluding hydrogens is 264 g/mol. The Kier molecular flexibility index (Phi) is 3.92. The molecule has 2 atom stereocenters. The van der Waals surface area contributed by atoms with Crippen LogP contribution in [-0.4, -0.2) is 21.4 Å². The second-order valence-electron chi connectivity index (χ2n) is 5.61. The van der Waals surface area contributed by atoms with Crippen LogP contribution in [0.25, 0.3) is 0 Å². The highest BCUT2D eigenvalue weighted by Crippen LogP contribution is 2.30. The first-order valence-electron chi connectivity index (χ1n) is 7.54. The van der Waals surface area contributed by atoms with Gasteiger partial charge in [-0.15, -0.1) is 10.2 Å². The maximum absolute atomic E-state index is 5.58. The molecule has 5 nitrogen and oxygen atoms in total. The number of ether oxygens (including phenoxy) is 1. The molecule has 0 radical (unpaired) electrons. The standard InChI is InChI=1S/C16H22N4O/c1-4-14(18-11(2)16-19-17-10-20(16)3)12-5-6-15-13(9-12)7-8-21-15/h5-6,9-11,14,18H,4,7-8H2,1-3H3. The van der Waals surface area contributed by atoms with Gasteiger partial charge in [-0.3, -0.25) is 0 Å². The van der Waals surface area contributed by atoms with Crippen LogP contribution in [0.15, 0.2) is 24.5 Å².